The van der Waals surface area contributed by atoms with Crippen LogP contribution in [0.4, 0.5) is 0 Å². The molecule has 8 N–H and O–H groups in total. The summed E-state index contributed by atoms with van der Waals surface area (Å²) >= 11 is 0. The third kappa shape index (κ3) is 4.86. The van der Waals surface area contributed by atoms with Crippen molar-refractivity contribution in [1.82, 2.24) is 9.97 Å². The van der Waals surface area contributed by atoms with Crippen LogP contribution in [0.1, 0.15) is 5.69 Å². The lowest BCUT2D eigenvalue weighted by atomic mass is 10.0. The zero-order chi connectivity index (χ0) is 16.7. The molecule has 0 fully saturated rings. The molecule has 10 heteroatoms. The van der Waals surface area contributed by atoms with Crippen LogP contribution in [0.25, 0.3) is 0 Å². The smallest absolute Gasteiger partial charge is 0.323 e. The Balaban J connectivity index is 2.71. The van der Waals surface area contributed by atoms with Crippen LogP contribution in [0.2, 0.25) is 0 Å². The van der Waals surface area contributed by atoms with E-state index in [1.54, 1.807) is 6.20 Å². The number of nitrogens with one attached hydrogen (secondary N) is 1. The molecular weight excluding hydrogens is 296 g/mol. The van der Waals surface area contributed by atoms with E-state index in [0.717, 1.165) is 0 Å². The van der Waals surface area contributed by atoms with E-state index in [2.05, 4.69) is 9.97 Å². The minimum absolute atomic E-state index is 0.0734. The molecule has 0 amide bonds. The van der Waals surface area contributed by atoms with Gasteiger partial charge in [0.1, 0.15) is 30.6 Å². The van der Waals surface area contributed by atoms with Gasteiger partial charge in [0, 0.05) is 12.6 Å². The van der Waals surface area contributed by atoms with Gasteiger partial charge in [0.25, 0.3) is 0 Å². The molecule has 0 spiro atoms. The summed E-state index contributed by atoms with van der Waals surface area (Å²) in [6, 6.07) is -2.47. The fourth-order valence-corrected chi connectivity index (χ4v) is 1.71. The van der Waals surface area contributed by atoms with Crippen LogP contribution in [0, 0.1) is 0 Å². The molecule has 0 aliphatic heterocycles. The first-order chi connectivity index (χ1) is 10.4. The van der Waals surface area contributed by atoms with Crippen LogP contribution in [0.5, 0.6) is 0 Å². The Morgan fingerprint density at radius 2 is 2.14 bits per heavy atom. The Morgan fingerprint density at radius 3 is 2.64 bits per heavy atom. The second-order valence-corrected chi connectivity index (χ2v) is 4.73. The number of hydrogen-bond acceptors (Lipinski definition) is 9. The van der Waals surface area contributed by atoms with Crippen LogP contribution in [0.15, 0.2) is 12.5 Å². The summed E-state index contributed by atoms with van der Waals surface area (Å²) in [4.78, 5) is 29.3. The number of imidazole rings is 1. The monoisotopic (exact) mass is 316 g/mol. The molecule has 1 rings (SSSR count). The molecule has 124 valence electrons. The maximum absolute atomic E-state index is 11.9. The Kier molecular flexibility index (Phi) is 7.08. The molecule has 0 aliphatic rings. The number of aldehydes is 1. The van der Waals surface area contributed by atoms with Crippen molar-refractivity contribution in [2.75, 3.05) is 6.61 Å². The molecule has 22 heavy (non-hydrogen) atoms. The minimum Gasteiger partial charge on any atom is -0.456 e. The summed E-state index contributed by atoms with van der Waals surface area (Å²) in [6.07, 6.45) is -1.59. The van der Waals surface area contributed by atoms with Gasteiger partial charge in [0.2, 0.25) is 0 Å². The number of aliphatic hydroxyl groups excluding tert-OH is 3. The zero-order valence-electron chi connectivity index (χ0n) is 11.7. The first-order valence-electron chi connectivity index (χ1n) is 6.52. The van der Waals surface area contributed by atoms with Gasteiger partial charge in [-0.1, -0.05) is 0 Å². The predicted octanol–water partition coefficient (Wildman–Crippen LogP) is -3.57. The van der Waals surface area contributed by atoms with Crippen molar-refractivity contribution in [2.24, 2.45) is 11.5 Å². The molecule has 1 aromatic rings. The molecule has 0 saturated heterocycles. The molecule has 10 nitrogen and oxygen atoms in total. The van der Waals surface area contributed by atoms with Crippen LogP contribution in [-0.4, -0.2) is 74.5 Å². The lowest BCUT2D eigenvalue weighted by Gasteiger charge is -2.28. The number of aromatic amines is 1. The van der Waals surface area contributed by atoms with Crippen LogP contribution in [0.3, 0.4) is 0 Å². The molecule has 0 aliphatic carbocycles. The number of hydrogen-bond donors (Lipinski definition) is 6. The topological polar surface area (TPSA) is 185 Å². The highest BCUT2D eigenvalue weighted by atomic mass is 16.6. The van der Waals surface area contributed by atoms with Crippen molar-refractivity contribution in [3.05, 3.63) is 18.2 Å². The van der Waals surface area contributed by atoms with E-state index < -0.39 is 43.0 Å². The summed E-state index contributed by atoms with van der Waals surface area (Å²) in [5.74, 6) is -0.922. The van der Waals surface area contributed by atoms with E-state index in [9.17, 15) is 19.8 Å². The molecule has 5 atom stereocenters. The average Bonchev–Trinajstić information content (AvgIpc) is 3.02. The first-order valence-corrected chi connectivity index (χ1v) is 6.52. The molecule has 0 bridgehead atoms. The molecule has 0 saturated carbocycles. The van der Waals surface area contributed by atoms with Crippen molar-refractivity contribution < 1.29 is 29.6 Å². The van der Waals surface area contributed by atoms with E-state index in [4.69, 9.17) is 21.3 Å². The first kappa shape index (κ1) is 18.2. The van der Waals surface area contributed by atoms with Crippen LogP contribution in [-0.2, 0) is 20.7 Å². The normalized spacial score (nSPS) is 18.0. The van der Waals surface area contributed by atoms with E-state index in [0.29, 0.717) is 5.69 Å². The summed E-state index contributed by atoms with van der Waals surface area (Å²) in [5.41, 5.74) is 11.6. The lowest BCUT2D eigenvalue weighted by molar-refractivity contribution is -0.165. The summed E-state index contributed by atoms with van der Waals surface area (Å²) in [7, 11) is 0. The van der Waals surface area contributed by atoms with Gasteiger partial charge in [-0.3, -0.25) is 4.79 Å². The maximum Gasteiger partial charge on any atom is 0.323 e. The van der Waals surface area contributed by atoms with Crippen molar-refractivity contribution in [1.29, 1.82) is 0 Å². The van der Waals surface area contributed by atoms with Gasteiger partial charge >= 0.3 is 5.97 Å². The van der Waals surface area contributed by atoms with Crippen molar-refractivity contribution >= 4 is 12.3 Å². The van der Waals surface area contributed by atoms with Crippen molar-refractivity contribution in [3.63, 3.8) is 0 Å². The number of aliphatic hydroxyl groups is 3. The number of esters is 1. The van der Waals surface area contributed by atoms with E-state index >= 15 is 0 Å². The quantitative estimate of drug-likeness (QED) is 0.198. The molecule has 1 aromatic heterocycles. The second-order valence-electron chi connectivity index (χ2n) is 4.73. The van der Waals surface area contributed by atoms with E-state index in [1.165, 1.54) is 6.33 Å². The van der Waals surface area contributed by atoms with Crippen molar-refractivity contribution in [3.8, 4) is 0 Å². The van der Waals surface area contributed by atoms with Gasteiger partial charge in [-0.05, 0) is 0 Å². The molecule has 0 aromatic carbocycles. The predicted molar refractivity (Wildman–Crippen MR) is 73.3 cm³/mol. The number of aromatic nitrogens is 2. The highest BCUT2D eigenvalue weighted by Gasteiger charge is 2.35. The number of nitrogens with two attached hydrogens (primary N) is 2. The molecular formula is C12H20N4O6. The zero-order valence-corrected chi connectivity index (χ0v) is 11.7. The Labute approximate surface area is 126 Å². The standard InChI is InChI=1S/C12H20N4O6/c13-7(1-6-2-15-5-16-6)12(21)22-11(8(14)3-17)10(20)9(19)4-18/h2-3,5,7-11,18-20H,1,4,13-14H2,(H,15,16)/t7-,8-,9+,10+,11+/m0/s1. The largest absolute Gasteiger partial charge is 0.456 e. The summed E-state index contributed by atoms with van der Waals surface area (Å²) < 4.78 is 4.92. The molecule has 1 heterocycles. The number of rotatable bonds is 9. The Hall–Kier alpha value is -1.85. The molecule has 0 radical (unpaired) electrons. The van der Waals surface area contributed by atoms with Gasteiger partial charge in [-0.15, -0.1) is 0 Å². The van der Waals surface area contributed by atoms with Crippen LogP contribution >= 0.6 is 0 Å². The fourth-order valence-electron chi connectivity index (χ4n) is 1.71. The third-order valence-electron chi connectivity index (χ3n) is 2.99. The number of carbonyl (C=O) groups is 2. The van der Waals surface area contributed by atoms with Gasteiger partial charge in [-0.25, -0.2) is 4.98 Å². The summed E-state index contributed by atoms with van der Waals surface area (Å²) in [5, 5.41) is 28.0. The third-order valence-corrected chi connectivity index (χ3v) is 2.99. The number of nitrogens with zero attached hydrogens (tertiary/aromatic N) is 1. The SMILES string of the molecule is N[C@@H](Cc1c[nH]cn1)C(=O)O[C@@H]([C@H](O)[C@H](O)CO)[C@@H](N)C=O. The van der Waals surface area contributed by atoms with Crippen LogP contribution < -0.4 is 11.5 Å². The number of H-pyrrole nitrogens is 1. The van der Waals surface area contributed by atoms with E-state index in [-0.39, 0.29) is 12.7 Å². The Morgan fingerprint density at radius 1 is 1.45 bits per heavy atom. The number of carbonyl (C=O) groups excluding carboxylic acids is 2. The van der Waals surface area contributed by atoms with Gasteiger partial charge in [0.05, 0.1) is 18.6 Å². The average molecular weight is 316 g/mol. The lowest BCUT2D eigenvalue weighted by Crippen LogP contribution is -2.53. The fraction of sp³-hybridized carbons (Fsp3) is 0.583. The number of ether oxygens (including phenoxy) is 1. The minimum atomic E-state index is -1.73. The molecule has 0 unspecified atom stereocenters. The maximum atomic E-state index is 11.9. The van der Waals surface area contributed by atoms with E-state index in [1.807, 2.05) is 0 Å². The van der Waals surface area contributed by atoms with Gasteiger partial charge in [0.15, 0.2) is 6.10 Å². The van der Waals surface area contributed by atoms with Crippen molar-refractivity contribution in [2.45, 2.75) is 36.8 Å². The van der Waals surface area contributed by atoms with Gasteiger partial charge < -0.3 is 41.3 Å². The highest BCUT2D eigenvalue weighted by molar-refractivity contribution is 5.76. The van der Waals surface area contributed by atoms with Gasteiger partial charge in [-0.2, -0.15) is 0 Å². The highest BCUT2D eigenvalue weighted by Crippen LogP contribution is 2.10. The second kappa shape index (κ2) is 8.56. The summed E-state index contributed by atoms with van der Waals surface area (Å²) in [6.45, 7) is -0.792. The Bertz CT molecular complexity index is 468.